The molecule has 0 atom stereocenters. The fourth-order valence-electron chi connectivity index (χ4n) is 1.19. The molecule has 0 unspecified atom stereocenters. The van der Waals surface area contributed by atoms with Crippen LogP contribution in [0.5, 0.6) is 0 Å². The van der Waals surface area contributed by atoms with E-state index in [9.17, 15) is 24.3 Å². The molecule has 0 spiro atoms. The van der Waals surface area contributed by atoms with Gasteiger partial charge in [-0.3, -0.25) is 0 Å². The second-order valence-corrected chi connectivity index (χ2v) is 4.82. The minimum Gasteiger partial charge on any atom is -0.466 e. The largest absolute Gasteiger partial charge is 0.466 e. The lowest BCUT2D eigenvalue weighted by Gasteiger charge is -2.29. The quantitative estimate of drug-likeness (QED) is 0.308. The van der Waals surface area contributed by atoms with Crippen LogP contribution in [-0.4, -0.2) is 62.5 Å². The summed E-state index contributed by atoms with van der Waals surface area (Å²) in [7, 11) is 1.31. The predicted molar refractivity (Wildman–Crippen MR) is 95.2 cm³/mol. The van der Waals surface area contributed by atoms with Gasteiger partial charge >= 0.3 is 23.9 Å². The highest BCUT2D eigenvalue weighted by Crippen LogP contribution is 2.19. The zero-order chi connectivity index (χ0) is 21.3. The number of aliphatic hydroxyl groups excluding tert-OH is 1. The maximum Gasteiger partial charge on any atom is 0.330 e. The number of methoxy groups -OCH3 is 1. The standard InChI is InChI=1S/C14H18O7.C4H6O2/c1-4-11(16)19-8-14(7-15,9-20-12(17)5-2)10-21-13(18)6-3;1-3-4(5)6-2/h4-6,15H,1-3,7-10H2;3H,1H2,2H3. The molecule has 9 heteroatoms. The van der Waals surface area contributed by atoms with Crippen LogP contribution in [0.2, 0.25) is 0 Å². The third kappa shape index (κ3) is 12.8. The van der Waals surface area contributed by atoms with Crippen LogP contribution in [0.1, 0.15) is 0 Å². The molecule has 9 nitrogen and oxygen atoms in total. The molecule has 27 heavy (non-hydrogen) atoms. The molecule has 0 aliphatic heterocycles. The molecule has 0 amide bonds. The first kappa shape index (κ1) is 26.0. The minimum absolute atomic E-state index is 0.330. The van der Waals surface area contributed by atoms with Gasteiger partial charge in [0.05, 0.1) is 19.1 Å². The van der Waals surface area contributed by atoms with Crippen LogP contribution in [0.4, 0.5) is 0 Å². The zero-order valence-electron chi connectivity index (χ0n) is 15.2. The number of ether oxygens (including phenoxy) is 4. The van der Waals surface area contributed by atoms with E-state index in [0.717, 1.165) is 24.3 Å². The van der Waals surface area contributed by atoms with E-state index >= 15 is 0 Å². The molecule has 0 saturated carbocycles. The molecule has 0 aromatic rings. The Hall–Kier alpha value is -3.20. The first-order valence-corrected chi connectivity index (χ1v) is 7.43. The van der Waals surface area contributed by atoms with Gasteiger partial charge in [-0.1, -0.05) is 26.3 Å². The lowest BCUT2D eigenvalue weighted by molar-refractivity contribution is -0.159. The normalized spacial score (nSPS) is 9.41. The van der Waals surface area contributed by atoms with Gasteiger partial charge in [0.25, 0.3) is 0 Å². The predicted octanol–water partition coefficient (Wildman–Crippen LogP) is 0.498. The number of esters is 4. The summed E-state index contributed by atoms with van der Waals surface area (Å²) in [6.07, 6.45) is 3.93. The molecule has 0 saturated heterocycles. The number of rotatable bonds is 11. The Morgan fingerprint density at radius 1 is 0.741 bits per heavy atom. The van der Waals surface area contributed by atoms with Crippen LogP contribution in [0.25, 0.3) is 0 Å². The van der Waals surface area contributed by atoms with Gasteiger partial charge in [-0.2, -0.15) is 0 Å². The van der Waals surface area contributed by atoms with E-state index in [1.54, 1.807) is 0 Å². The van der Waals surface area contributed by atoms with Crippen molar-refractivity contribution in [2.45, 2.75) is 0 Å². The molecular formula is C18H24O9. The van der Waals surface area contributed by atoms with E-state index in [0.29, 0.717) is 0 Å². The highest BCUT2D eigenvalue weighted by Gasteiger charge is 2.35. The lowest BCUT2D eigenvalue weighted by Crippen LogP contribution is -2.42. The average Bonchev–Trinajstić information content (AvgIpc) is 2.72. The Morgan fingerprint density at radius 3 is 1.19 bits per heavy atom. The number of carbonyl (C=O) groups is 4. The number of carbonyl (C=O) groups excluding carboxylic acids is 4. The van der Waals surface area contributed by atoms with Crippen molar-refractivity contribution in [1.82, 2.24) is 0 Å². The first-order valence-electron chi connectivity index (χ1n) is 7.43. The summed E-state index contributed by atoms with van der Waals surface area (Å²) >= 11 is 0. The summed E-state index contributed by atoms with van der Waals surface area (Å²) in [6, 6.07) is 0. The molecule has 0 aliphatic rings. The van der Waals surface area contributed by atoms with Gasteiger partial charge < -0.3 is 24.1 Å². The molecule has 0 radical (unpaired) electrons. The fraction of sp³-hybridized carbons (Fsp3) is 0.333. The Labute approximate surface area is 157 Å². The van der Waals surface area contributed by atoms with Crippen LogP contribution < -0.4 is 0 Å². The van der Waals surface area contributed by atoms with Gasteiger partial charge in [-0.25, -0.2) is 19.2 Å². The van der Waals surface area contributed by atoms with Crippen LogP contribution in [0.3, 0.4) is 0 Å². The third-order valence-corrected chi connectivity index (χ3v) is 2.77. The second kappa shape index (κ2) is 15.1. The SMILES string of the molecule is C=CC(=O)OC.C=CC(=O)OCC(CO)(COC(=O)C=C)COC(=O)C=C. The van der Waals surface area contributed by atoms with Gasteiger partial charge in [-0.15, -0.1) is 0 Å². The van der Waals surface area contributed by atoms with Crippen molar-refractivity contribution in [2.24, 2.45) is 5.41 Å². The Kier molecular flexibility index (Phi) is 14.5. The van der Waals surface area contributed by atoms with E-state index in [4.69, 9.17) is 14.2 Å². The molecule has 0 rings (SSSR count). The summed E-state index contributed by atoms with van der Waals surface area (Å²) in [5, 5.41) is 9.48. The summed E-state index contributed by atoms with van der Waals surface area (Å²) in [6.45, 7) is 11.3. The Balaban J connectivity index is 0. The van der Waals surface area contributed by atoms with E-state index in [1.807, 2.05) is 0 Å². The number of aliphatic hydroxyl groups is 1. The van der Waals surface area contributed by atoms with Crippen molar-refractivity contribution in [3.8, 4) is 0 Å². The highest BCUT2D eigenvalue weighted by atomic mass is 16.6. The van der Waals surface area contributed by atoms with Gasteiger partial charge in [0.1, 0.15) is 19.8 Å². The highest BCUT2D eigenvalue weighted by molar-refractivity contribution is 5.82. The second-order valence-electron chi connectivity index (χ2n) is 4.82. The summed E-state index contributed by atoms with van der Waals surface area (Å²) in [5.74, 6) is -2.57. The molecule has 0 heterocycles. The van der Waals surface area contributed by atoms with Crippen molar-refractivity contribution < 1.29 is 43.2 Å². The topological polar surface area (TPSA) is 125 Å². The van der Waals surface area contributed by atoms with Crippen LogP contribution in [0, 0.1) is 5.41 Å². The van der Waals surface area contributed by atoms with Crippen LogP contribution in [0.15, 0.2) is 50.6 Å². The first-order chi connectivity index (χ1) is 12.7. The monoisotopic (exact) mass is 384 g/mol. The van der Waals surface area contributed by atoms with Crippen molar-refractivity contribution in [3.63, 3.8) is 0 Å². The summed E-state index contributed by atoms with van der Waals surface area (Å²) in [4.78, 5) is 43.1. The molecule has 0 aromatic heterocycles. The summed E-state index contributed by atoms with van der Waals surface area (Å²) in [5.41, 5.74) is -1.28. The van der Waals surface area contributed by atoms with E-state index in [2.05, 4.69) is 31.1 Å². The fourth-order valence-corrected chi connectivity index (χ4v) is 1.19. The molecule has 0 fully saturated rings. The maximum absolute atomic E-state index is 11.1. The van der Waals surface area contributed by atoms with Gasteiger partial charge in [-0.05, 0) is 0 Å². The minimum atomic E-state index is -1.28. The van der Waals surface area contributed by atoms with E-state index in [1.165, 1.54) is 7.11 Å². The van der Waals surface area contributed by atoms with E-state index < -0.39 is 35.9 Å². The smallest absolute Gasteiger partial charge is 0.330 e. The molecule has 150 valence electrons. The Bertz CT molecular complexity index is 503. The molecule has 0 aliphatic carbocycles. The van der Waals surface area contributed by atoms with Crippen molar-refractivity contribution in [3.05, 3.63) is 50.6 Å². The average molecular weight is 384 g/mol. The molecular weight excluding hydrogens is 360 g/mol. The zero-order valence-corrected chi connectivity index (χ0v) is 15.2. The maximum atomic E-state index is 11.1. The Morgan fingerprint density at radius 2 is 1.04 bits per heavy atom. The van der Waals surface area contributed by atoms with Crippen molar-refractivity contribution >= 4 is 23.9 Å². The van der Waals surface area contributed by atoms with Crippen molar-refractivity contribution in [2.75, 3.05) is 33.5 Å². The summed E-state index contributed by atoms with van der Waals surface area (Å²) < 4.78 is 18.6. The van der Waals surface area contributed by atoms with Gasteiger partial charge in [0.2, 0.25) is 0 Å². The number of hydrogen-bond donors (Lipinski definition) is 1. The molecule has 0 aromatic carbocycles. The molecule has 0 bridgehead atoms. The number of hydrogen-bond acceptors (Lipinski definition) is 9. The van der Waals surface area contributed by atoms with Gasteiger partial charge in [0.15, 0.2) is 0 Å². The van der Waals surface area contributed by atoms with Gasteiger partial charge in [0, 0.05) is 24.3 Å². The lowest BCUT2D eigenvalue weighted by atomic mass is 9.92. The van der Waals surface area contributed by atoms with Crippen molar-refractivity contribution in [1.29, 1.82) is 0 Å². The van der Waals surface area contributed by atoms with E-state index in [-0.39, 0.29) is 19.8 Å². The van der Waals surface area contributed by atoms with Crippen LogP contribution >= 0.6 is 0 Å². The molecule has 1 N–H and O–H groups in total. The van der Waals surface area contributed by atoms with Crippen LogP contribution in [-0.2, 0) is 38.1 Å². The third-order valence-electron chi connectivity index (χ3n) is 2.77.